The van der Waals surface area contributed by atoms with Gasteiger partial charge in [0.1, 0.15) is 0 Å². The Bertz CT molecular complexity index is 340. The molecule has 1 atom stereocenters. The van der Waals surface area contributed by atoms with Crippen LogP contribution in [0.15, 0.2) is 0 Å². The van der Waals surface area contributed by atoms with Crippen molar-refractivity contribution >= 4 is 5.97 Å². The van der Waals surface area contributed by atoms with E-state index in [9.17, 15) is 4.79 Å². The minimum absolute atomic E-state index is 0.0179. The Balaban J connectivity index is 3.29. The van der Waals surface area contributed by atoms with E-state index in [0.29, 0.717) is 6.42 Å². The quantitative estimate of drug-likeness (QED) is 0.114. The highest BCUT2D eigenvalue weighted by Gasteiger charge is 2.09. The molecule has 0 heterocycles. The number of ether oxygens (including phenoxy) is 1. The molecular weight excluding hydrogens is 368 g/mol. The zero-order valence-corrected chi connectivity index (χ0v) is 21.2. The molecule has 1 unspecified atom stereocenters. The van der Waals surface area contributed by atoms with Crippen LogP contribution in [-0.2, 0) is 9.53 Å². The molecule has 0 saturated carbocycles. The third kappa shape index (κ3) is 23.7. The van der Waals surface area contributed by atoms with Crippen molar-refractivity contribution in [1.82, 2.24) is 0 Å². The second-order valence-corrected chi connectivity index (χ2v) is 9.56. The van der Waals surface area contributed by atoms with Crippen LogP contribution in [0.1, 0.15) is 168 Å². The van der Waals surface area contributed by atoms with Gasteiger partial charge in [0.2, 0.25) is 0 Å². The van der Waals surface area contributed by atoms with E-state index in [1.807, 2.05) is 0 Å². The Labute approximate surface area is 190 Å². The number of carbonyl (C=O) groups excluding carboxylic acids is 1. The van der Waals surface area contributed by atoms with E-state index in [0.717, 1.165) is 12.8 Å². The second kappa shape index (κ2) is 24.7. The Morgan fingerprint density at radius 3 is 1.27 bits per heavy atom. The van der Waals surface area contributed by atoms with Gasteiger partial charge < -0.3 is 4.74 Å². The molecule has 0 fully saturated rings. The van der Waals surface area contributed by atoms with Crippen molar-refractivity contribution in [2.75, 3.05) is 0 Å². The van der Waals surface area contributed by atoms with E-state index in [4.69, 9.17) is 4.74 Å². The van der Waals surface area contributed by atoms with Gasteiger partial charge in [-0.3, -0.25) is 4.79 Å². The smallest absolute Gasteiger partial charge is 0.306 e. The summed E-state index contributed by atoms with van der Waals surface area (Å²) in [4.78, 5) is 12.0. The van der Waals surface area contributed by atoms with E-state index in [1.54, 1.807) is 0 Å². The lowest BCUT2D eigenvalue weighted by Crippen LogP contribution is -2.14. The average Bonchev–Trinajstić information content (AvgIpc) is 2.73. The van der Waals surface area contributed by atoms with Crippen molar-refractivity contribution in [3.63, 3.8) is 0 Å². The van der Waals surface area contributed by atoms with Gasteiger partial charge in [-0.1, -0.05) is 136 Å². The number of rotatable bonds is 24. The fraction of sp³-hybridized carbons (Fsp3) is 0.964. The molecule has 0 amide bonds. The average molecular weight is 425 g/mol. The van der Waals surface area contributed by atoms with Crippen LogP contribution in [0.4, 0.5) is 0 Å². The Kier molecular flexibility index (Phi) is 24.3. The summed E-state index contributed by atoms with van der Waals surface area (Å²) in [5, 5.41) is 0. The molecule has 30 heavy (non-hydrogen) atoms. The third-order valence-electron chi connectivity index (χ3n) is 6.28. The van der Waals surface area contributed by atoms with Crippen molar-refractivity contribution in [3.05, 3.63) is 0 Å². The molecule has 0 aromatic rings. The van der Waals surface area contributed by atoms with Gasteiger partial charge >= 0.3 is 5.97 Å². The zero-order valence-electron chi connectivity index (χ0n) is 21.2. The number of esters is 1. The Morgan fingerprint density at radius 1 is 0.533 bits per heavy atom. The molecular formula is C28H56O2. The normalized spacial score (nSPS) is 12.2. The fourth-order valence-electron chi connectivity index (χ4n) is 4.20. The highest BCUT2D eigenvalue weighted by molar-refractivity contribution is 5.69. The van der Waals surface area contributed by atoms with Crippen LogP contribution in [-0.4, -0.2) is 12.1 Å². The number of hydrogen-bond acceptors (Lipinski definition) is 2. The summed E-state index contributed by atoms with van der Waals surface area (Å²) >= 11 is 0. The molecule has 180 valence electrons. The summed E-state index contributed by atoms with van der Waals surface area (Å²) in [5.74, 6) is 0.0179. The van der Waals surface area contributed by atoms with E-state index in [-0.39, 0.29) is 12.1 Å². The standard InChI is InChI=1S/C28H56O2/c1-4-6-8-10-12-14-15-16-18-19-21-23-25-27(3)30-28(29)26-24-22-20-17-13-11-9-7-5-2/h27H,4-26H2,1-3H3. The lowest BCUT2D eigenvalue weighted by atomic mass is 10.0. The van der Waals surface area contributed by atoms with Crippen LogP contribution in [0.2, 0.25) is 0 Å². The minimum atomic E-state index is 0.0179. The summed E-state index contributed by atoms with van der Waals surface area (Å²) in [5.41, 5.74) is 0. The summed E-state index contributed by atoms with van der Waals surface area (Å²) in [6.07, 6.45) is 29.8. The first-order valence-electron chi connectivity index (χ1n) is 13.9. The van der Waals surface area contributed by atoms with Crippen LogP contribution in [0, 0.1) is 0 Å². The van der Waals surface area contributed by atoms with Gasteiger partial charge in [-0.05, 0) is 26.2 Å². The van der Waals surface area contributed by atoms with Gasteiger partial charge in [-0.25, -0.2) is 0 Å². The van der Waals surface area contributed by atoms with Crippen molar-refractivity contribution in [1.29, 1.82) is 0 Å². The maximum atomic E-state index is 12.0. The largest absolute Gasteiger partial charge is 0.463 e. The van der Waals surface area contributed by atoms with E-state index in [1.165, 1.54) is 128 Å². The van der Waals surface area contributed by atoms with Gasteiger partial charge in [0, 0.05) is 6.42 Å². The molecule has 0 radical (unpaired) electrons. The molecule has 0 aromatic carbocycles. The Morgan fingerprint density at radius 2 is 0.867 bits per heavy atom. The highest BCUT2D eigenvalue weighted by atomic mass is 16.5. The molecule has 0 aliphatic carbocycles. The number of hydrogen-bond donors (Lipinski definition) is 0. The monoisotopic (exact) mass is 424 g/mol. The van der Waals surface area contributed by atoms with Gasteiger partial charge in [0.05, 0.1) is 6.10 Å². The zero-order chi connectivity index (χ0) is 22.1. The first-order valence-corrected chi connectivity index (χ1v) is 13.9. The fourth-order valence-corrected chi connectivity index (χ4v) is 4.20. The maximum absolute atomic E-state index is 12.0. The molecule has 0 aliphatic heterocycles. The predicted octanol–water partition coefficient (Wildman–Crippen LogP) is 9.93. The molecule has 0 rings (SSSR count). The molecule has 0 saturated heterocycles. The summed E-state index contributed by atoms with van der Waals surface area (Å²) in [6.45, 7) is 6.61. The van der Waals surface area contributed by atoms with Crippen LogP contribution in [0.3, 0.4) is 0 Å². The first-order chi connectivity index (χ1) is 14.7. The summed E-state index contributed by atoms with van der Waals surface area (Å²) in [6, 6.07) is 0. The van der Waals surface area contributed by atoms with Crippen LogP contribution < -0.4 is 0 Å². The first kappa shape index (κ1) is 29.5. The molecule has 2 heteroatoms. The van der Waals surface area contributed by atoms with Gasteiger partial charge in [-0.2, -0.15) is 0 Å². The van der Waals surface area contributed by atoms with E-state index < -0.39 is 0 Å². The second-order valence-electron chi connectivity index (χ2n) is 9.56. The molecule has 0 spiro atoms. The van der Waals surface area contributed by atoms with E-state index >= 15 is 0 Å². The van der Waals surface area contributed by atoms with Crippen LogP contribution >= 0.6 is 0 Å². The summed E-state index contributed by atoms with van der Waals surface area (Å²) < 4.78 is 5.58. The maximum Gasteiger partial charge on any atom is 0.306 e. The lowest BCUT2D eigenvalue weighted by Gasteiger charge is -2.13. The summed E-state index contributed by atoms with van der Waals surface area (Å²) in [7, 11) is 0. The molecule has 0 bridgehead atoms. The SMILES string of the molecule is CCCCCCCCCCCCCCC(C)OC(=O)CCCCCCCCCCC. The molecule has 2 nitrogen and oxygen atoms in total. The highest BCUT2D eigenvalue weighted by Crippen LogP contribution is 2.15. The van der Waals surface area contributed by atoms with Crippen molar-refractivity contribution < 1.29 is 9.53 Å². The van der Waals surface area contributed by atoms with Crippen LogP contribution in [0.5, 0.6) is 0 Å². The lowest BCUT2D eigenvalue weighted by molar-refractivity contribution is -0.148. The predicted molar refractivity (Wildman–Crippen MR) is 133 cm³/mol. The molecule has 0 aromatic heterocycles. The van der Waals surface area contributed by atoms with Crippen molar-refractivity contribution in [2.45, 2.75) is 175 Å². The van der Waals surface area contributed by atoms with Crippen molar-refractivity contribution in [2.24, 2.45) is 0 Å². The minimum Gasteiger partial charge on any atom is -0.463 e. The molecule has 0 N–H and O–H groups in total. The third-order valence-corrected chi connectivity index (χ3v) is 6.28. The van der Waals surface area contributed by atoms with Gasteiger partial charge in [0.25, 0.3) is 0 Å². The van der Waals surface area contributed by atoms with Crippen molar-refractivity contribution in [3.8, 4) is 0 Å². The van der Waals surface area contributed by atoms with E-state index in [2.05, 4.69) is 20.8 Å². The van der Waals surface area contributed by atoms with Gasteiger partial charge in [-0.15, -0.1) is 0 Å². The molecule has 0 aliphatic rings. The van der Waals surface area contributed by atoms with Crippen LogP contribution in [0.25, 0.3) is 0 Å². The topological polar surface area (TPSA) is 26.3 Å². The number of unbranched alkanes of at least 4 members (excludes halogenated alkanes) is 19. The van der Waals surface area contributed by atoms with Gasteiger partial charge in [0.15, 0.2) is 0 Å². The Hall–Kier alpha value is -0.530. The number of carbonyl (C=O) groups is 1.